The van der Waals surface area contributed by atoms with Gasteiger partial charge >= 0.3 is 0 Å². The fourth-order valence-corrected chi connectivity index (χ4v) is 5.33. The molecule has 5 heteroatoms. The number of pyridine rings is 1. The van der Waals surface area contributed by atoms with Crippen molar-refractivity contribution in [2.24, 2.45) is 16.8 Å². The molecular formula is C24H27N3O2. The lowest BCUT2D eigenvalue weighted by atomic mass is 9.78. The number of hydrogen-bond donors (Lipinski definition) is 0. The number of hydrogen-bond acceptors (Lipinski definition) is 4. The van der Waals surface area contributed by atoms with Crippen LogP contribution in [0.25, 0.3) is 0 Å². The molecule has 1 unspecified atom stereocenters. The van der Waals surface area contributed by atoms with Crippen molar-refractivity contribution in [1.29, 1.82) is 0 Å². The zero-order chi connectivity index (χ0) is 20.0. The maximum Gasteiger partial charge on any atom is 0.229 e. The van der Waals surface area contributed by atoms with E-state index in [0.717, 1.165) is 24.1 Å². The highest BCUT2D eigenvalue weighted by Crippen LogP contribution is 2.52. The van der Waals surface area contributed by atoms with Gasteiger partial charge in [0, 0.05) is 24.7 Å². The quantitative estimate of drug-likeness (QED) is 0.789. The van der Waals surface area contributed by atoms with E-state index in [-0.39, 0.29) is 29.9 Å². The lowest BCUT2D eigenvalue weighted by Gasteiger charge is -2.37. The Hall–Kier alpha value is -2.53. The Morgan fingerprint density at radius 3 is 2.72 bits per heavy atom. The van der Waals surface area contributed by atoms with Crippen molar-refractivity contribution >= 4 is 11.6 Å². The third-order valence-corrected chi connectivity index (χ3v) is 6.92. The number of rotatable bonds is 4. The molecule has 1 aliphatic carbocycles. The normalized spacial score (nSPS) is 33.4. The Balaban J connectivity index is 1.56. The van der Waals surface area contributed by atoms with Crippen molar-refractivity contribution in [3.63, 3.8) is 0 Å². The van der Waals surface area contributed by atoms with E-state index in [2.05, 4.69) is 43.1 Å². The summed E-state index contributed by atoms with van der Waals surface area (Å²) < 4.78 is 6.54. The van der Waals surface area contributed by atoms with Gasteiger partial charge in [-0.15, -0.1) is 0 Å². The van der Waals surface area contributed by atoms with Gasteiger partial charge in [-0.1, -0.05) is 50.2 Å². The SMILES string of the molecule is CC[C@@H]1N=C2C[C@H](c3ccccc3)[C@@H](C)C3C[C@@]2(O1)N(Cc1cccnc1)C3=O. The van der Waals surface area contributed by atoms with E-state index in [9.17, 15) is 4.79 Å². The number of amides is 1. The summed E-state index contributed by atoms with van der Waals surface area (Å²) in [6.45, 7) is 4.83. The summed E-state index contributed by atoms with van der Waals surface area (Å²) >= 11 is 0. The van der Waals surface area contributed by atoms with E-state index in [1.807, 2.05) is 29.3 Å². The fourth-order valence-electron chi connectivity index (χ4n) is 5.33. The highest BCUT2D eigenvalue weighted by molar-refractivity contribution is 6.01. The van der Waals surface area contributed by atoms with E-state index in [4.69, 9.17) is 9.73 Å². The van der Waals surface area contributed by atoms with E-state index in [1.54, 1.807) is 6.20 Å². The molecule has 150 valence electrons. The van der Waals surface area contributed by atoms with Gasteiger partial charge in [-0.25, -0.2) is 0 Å². The van der Waals surface area contributed by atoms with Gasteiger partial charge in [0.15, 0.2) is 12.0 Å². The average Bonchev–Trinajstić information content (AvgIpc) is 3.21. The second-order valence-corrected chi connectivity index (χ2v) is 8.52. The van der Waals surface area contributed by atoms with E-state index < -0.39 is 5.72 Å². The first-order valence-corrected chi connectivity index (χ1v) is 10.6. The Kier molecular flexibility index (Phi) is 4.50. The topological polar surface area (TPSA) is 54.8 Å². The summed E-state index contributed by atoms with van der Waals surface area (Å²) in [5, 5.41) is 0. The molecule has 5 nitrogen and oxygen atoms in total. The molecule has 2 bridgehead atoms. The monoisotopic (exact) mass is 389 g/mol. The maximum absolute atomic E-state index is 13.6. The first-order chi connectivity index (χ1) is 14.1. The van der Waals surface area contributed by atoms with Gasteiger partial charge in [0.2, 0.25) is 5.91 Å². The first kappa shape index (κ1) is 18.5. The van der Waals surface area contributed by atoms with Crippen LogP contribution in [0.3, 0.4) is 0 Å². The summed E-state index contributed by atoms with van der Waals surface area (Å²) in [5.74, 6) is 0.648. The molecule has 1 aromatic carbocycles. The lowest BCUT2D eigenvalue weighted by Crippen LogP contribution is -2.52. The molecular weight excluding hydrogens is 362 g/mol. The summed E-state index contributed by atoms with van der Waals surface area (Å²) in [4.78, 5) is 24.8. The number of fused-ring (bicyclic) bond motifs is 1. The fraction of sp³-hybridized carbons (Fsp3) is 0.458. The standard InChI is InChI=1S/C24H27N3O2/c1-3-22-26-21-12-19(18-9-5-4-6-10-18)16(2)20-13-24(21,29-22)27(23(20)28)15-17-8-7-11-25-14-17/h4-11,14,16,19-20,22H,3,12-13,15H2,1-2H3/t16-,19+,20?,22-,24+/m1/s1. The minimum absolute atomic E-state index is 0.0554. The van der Waals surface area contributed by atoms with Crippen molar-refractivity contribution < 1.29 is 9.53 Å². The Bertz CT molecular complexity index is 930. The smallest absolute Gasteiger partial charge is 0.229 e. The molecule has 0 radical (unpaired) electrons. The Morgan fingerprint density at radius 2 is 2.00 bits per heavy atom. The molecule has 1 spiro atoms. The molecule has 3 aliphatic rings. The Labute approximate surface area is 171 Å². The van der Waals surface area contributed by atoms with Gasteiger partial charge in [-0.3, -0.25) is 14.8 Å². The van der Waals surface area contributed by atoms with Crippen LogP contribution in [0.1, 0.15) is 50.2 Å². The van der Waals surface area contributed by atoms with E-state index in [0.29, 0.717) is 13.0 Å². The zero-order valence-corrected chi connectivity index (χ0v) is 17.0. The van der Waals surface area contributed by atoms with Crippen LogP contribution in [0.4, 0.5) is 0 Å². The second-order valence-electron chi connectivity index (χ2n) is 8.52. The molecule has 2 aromatic rings. The average molecular weight is 389 g/mol. The van der Waals surface area contributed by atoms with E-state index >= 15 is 0 Å². The minimum Gasteiger partial charge on any atom is -0.325 e. The van der Waals surface area contributed by atoms with Crippen LogP contribution in [-0.4, -0.2) is 33.5 Å². The highest BCUT2D eigenvalue weighted by Gasteiger charge is 2.62. The molecule has 0 N–H and O–H groups in total. The van der Waals surface area contributed by atoms with Crippen LogP contribution in [0.15, 0.2) is 59.9 Å². The lowest BCUT2D eigenvalue weighted by molar-refractivity contribution is -0.150. The molecule has 29 heavy (non-hydrogen) atoms. The molecule has 5 rings (SSSR count). The van der Waals surface area contributed by atoms with Gasteiger partial charge in [0.05, 0.1) is 12.3 Å². The molecule has 1 saturated heterocycles. The summed E-state index contributed by atoms with van der Waals surface area (Å²) in [6.07, 6.45) is 5.78. The van der Waals surface area contributed by atoms with Gasteiger partial charge in [-0.2, -0.15) is 0 Å². The van der Waals surface area contributed by atoms with Gasteiger partial charge in [0.1, 0.15) is 0 Å². The minimum atomic E-state index is -0.698. The number of benzene rings is 1. The summed E-state index contributed by atoms with van der Waals surface area (Å²) in [7, 11) is 0. The molecule has 2 fully saturated rings. The number of carbonyl (C=O) groups is 1. The molecule has 1 saturated carbocycles. The van der Waals surface area contributed by atoms with Crippen LogP contribution >= 0.6 is 0 Å². The second kappa shape index (κ2) is 7.06. The van der Waals surface area contributed by atoms with Gasteiger partial charge in [-0.05, 0) is 41.9 Å². The number of aromatic nitrogens is 1. The number of nitrogens with zero attached hydrogens (tertiary/aromatic N) is 3. The summed E-state index contributed by atoms with van der Waals surface area (Å²) in [5.41, 5.74) is 2.66. The third kappa shape index (κ3) is 2.91. The van der Waals surface area contributed by atoms with Crippen LogP contribution in [-0.2, 0) is 16.1 Å². The number of likely N-dealkylation sites (tertiary alicyclic amines) is 1. The van der Waals surface area contributed by atoms with Crippen LogP contribution in [0.2, 0.25) is 0 Å². The Morgan fingerprint density at radius 1 is 1.17 bits per heavy atom. The van der Waals surface area contributed by atoms with Crippen LogP contribution in [0.5, 0.6) is 0 Å². The zero-order valence-electron chi connectivity index (χ0n) is 17.0. The number of aliphatic imine (C=N–C) groups is 1. The number of ether oxygens (including phenoxy) is 1. The maximum atomic E-state index is 13.6. The molecule has 1 amide bonds. The third-order valence-electron chi connectivity index (χ3n) is 6.92. The summed E-state index contributed by atoms with van der Waals surface area (Å²) in [6, 6.07) is 14.5. The van der Waals surface area contributed by atoms with Crippen molar-refractivity contribution in [2.75, 3.05) is 0 Å². The molecule has 2 aliphatic heterocycles. The number of carbonyl (C=O) groups excluding carboxylic acids is 1. The highest BCUT2D eigenvalue weighted by atomic mass is 16.5. The van der Waals surface area contributed by atoms with Crippen molar-refractivity contribution in [3.8, 4) is 0 Å². The van der Waals surface area contributed by atoms with Crippen LogP contribution in [0, 0.1) is 11.8 Å². The first-order valence-electron chi connectivity index (χ1n) is 10.6. The largest absolute Gasteiger partial charge is 0.325 e. The van der Waals surface area contributed by atoms with Crippen molar-refractivity contribution in [1.82, 2.24) is 9.88 Å². The predicted molar refractivity (Wildman–Crippen MR) is 111 cm³/mol. The molecule has 1 aromatic heterocycles. The van der Waals surface area contributed by atoms with E-state index in [1.165, 1.54) is 5.56 Å². The predicted octanol–water partition coefficient (Wildman–Crippen LogP) is 4.16. The van der Waals surface area contributed by atoms with Crippen molar-refractivity contribution in [2.45, 2.75) is 57.5 Å². The van der Waals surface area contributed by atoms with Gasteiger partial charge < -0.3 is 9.64 Å². The van der Waals surface area contributed by atoms with Crippen molar-refractivity contribution in [3.05, 3.63) is 66.0 Å². The van der Waals surface area contributed by atoms with Gasteiger partial charge in [0.25, 0.3) is 0 Å². The van der Waals surface area contributed by atoms with Crippen LogP contribution < -0.4 is 0 Å². The molecule has 5 atom stereocenters. The molecule has 3 heterocycles.